The molecule has 1 atom stereocenters. The van der Waals surface area contributed by atoms with Crippen LogP contribution in [0.4, 0.5) is 14.9 Å². The molecule has 0 aliphatic carbocycles. The molecule has 1 aromatic heterocycles. The van der Waals surface area contributed by atoms with Crippen molar-refractivity contribution in [1.82, 2.24) is 20.2 Å². The van der Waals surface area contributed by atoms with Crippen LogP contribution >= 0.6 is 0 Å². The Morgan fingerprint density at radius 1 is 1.00 bits per heavy atom. The largest absolute Gasteiger partial charge is 0.489 e. The van der Waals surface area contributed by atoms with Crippen molar-refractivity contribution in [2.75, 3.05) is 58.0 Å². The molecule has 6 rings (SSSR count). The first-order valence-electron chi connectivity index (χ1n) is 14.6. The fourth-order valence-electron chi connectivity index (χ4n) is 5.08. The van der Waals surface area contributed by atoms with Crippen LogP contribution in [0.1, 0.15) is 24.9 Å². The molecule has 230 valence electrons. The van der Waals surface area contributed by atoms with Gasteiger partial charge in [-0.2, -0.15) is 0 Å². The van der Waals surface area contributed by atoms with Crippen molar-refractivity contribution in [2.45, 2.75) is 19.4 Å². The number of hydrogen-bond donors (Lipinski definition) is 2. The molecule has 2 aliphatic heterocycles. The molecule has 0 saturated carbocycles. The highest BCUT2D eigenvalue weighted by molar-refractivity contribution is 5.94. The van der Waals surface area contributed by atoms with Crippen LogP contribution in [0.25, 0.3) is 10.9 Å². The van der Waals surface area contributed by atoms with Crippen molar-refractivity contribution in [3.63, 3.8) is 0 Å². The third-order valence-electron chi connectivity index (χ3n) is 7.37. The Bertz CT molecular complexity index is 1580. The van der Waals surface area contributed by atoms with Gasteiger partial charge in [0.2, 0.25) is 11.6 Å². The summed E-state index contributed by atoms with van der Waals surface area (Å²) in [4.78, 5) is 23.7. The van der Waals surface area contributed by atoms with E-state index in [2.05, 4.69) is 25.5 Å². The van der Waals surface area contributed by atoms with Gasteiger partial charge in [0.05, 0.1) is 31.4 Å². The number of nitrogens with one attached hydrogen (secondary N) is 2. The molecule has 11 nitrogen and oxygen atoms in total. The Hall–Kier alpha value is -4.68. The average Bonchev–Trinajstić information content (AvgIpc) is 3.04. The van der Waals surface area contributed by atoms with Gasteiger partial charge in [-0.3, -0.25) is 4.90 Å². The highest BCUT2D eigenvalue weighted by Gasteiger charge is 2.25. The smallest absolute Gasteiger partial charge is 0.319 e. The van der Waals surface area contributed by atoms with Crippen LogP contribution in [0, 0.1) is 5.82 Å². The quantitative estimate of drug-likeness (QED) is 0.233. The minimum Gasteiger partial charge on any atom is -0.489 e. The Kier molecular flexibility index (Phi) is 9.18. The lowest BCUT2D eigenvalue weighted by Gasteiger charge is -2.26. The Morgan fingerprint density at radius 3 is 2.52 bits per heavy atom. The summed E-state index contributed by atoms with van der Waals surface area (Å²) in [7, 11) is 0. The van der Waals surface area contributed by atoms with Crippen LogP contribution in [0.5, 0.6) is 28.9 Å². The number of rotatable bonds is 10. The number of urea groups is 1. The predicted molar refractivity (Wildman–Crippen MR) is 161 cm³/mol. The Morgan fingerprint density at radius 2 is 1.75 bits per heavy atom. The number of amides is 2. The lowest BCUT2D eigenvalue weighted by Crippen LogP contribution is -2.37. The first-order chi connectivity index (χ1) is 21.5. The standard InChI is InChI=1S/C32H34FN5O6/c1-21(22-3-5-23(33)6-4-22)36-32(39)37-24-7-9-25(10-8-24)44-31-28-26(34-20-35-31)19-27(29-30(28)43-18-17-42-29)41-14-2-11-38-12-15-40-16-13-38/h3-10,19-21H,2,11-18H2,1H3,(H2,36,37,39)/t21-/m1/s1. The van der Waals surface area contributed by atoms with E-state index in [1.165, 1.54) is 18.5 Å². The van der Waals surface area contributed by atoms with E-state index in [4.69, 9.17) is 23.7 Å². The second kappa shape index (κ2) is 13.7. The van der Waals surface area contributed by atoms with Crippen molar-refractivity contribution in [3.05, 3.63) is 72.3 Å². The van der Waals surface area contributed by atoms with Crippen molar-refractivity contribution in [2.24, 2.45) is 0 Å². The highest BCUT2D eigenvalue weighted by Crippen LogP contribution is 2.47. The molecule has 12 heteroatoms. The van der Waals surface area contributed by atoms with Crippen molar-refractivity contribution < 1.29 is 32.9 Å². The number of morpholine rings is 1. The van der Waals surface area contributed by atoms with Crippen LogP contribution in [0.15, 0.2) is 60.9 Å². The van der Waals surface area contributed by atoms with Gasteiger partial charge in [0.25, 0.3) is 0 Å². The lowest BCUT2D eigenvalue weighted by atomic mass is 10.1. The van der Waals surface area contributed by atoms with E-state index in [9.17, 15) is 9.18 Å². The summed E-state index contributed by atoms with van der Waals surface area (Å²) >= 11 is 0. The second-order valence-electron chi connectivity index (χ2n) is 10.5. The zero-order chi connectivity index (χ0) is 30.3. The van der Waals surface area contributed by atoms with Gasteiger partial charge in [0.15, 0.2) is 11.5 Å². The summed E-state index contributed by atoms with van der Waals surface area (Å²) in [6.07, 6.45) is 2.30. The number of benzene rings is 3. The van der Waals surface area contributed by atoms with Gasteiger partial charge in [0, 0.05) is 31.4 Å². The maximum absolute atomic E-state index is 13.2. The van der Waals surface area contributed by atoms with Gasteiger partial charge in [-0.25, -0.2) is 19.2 Å². The molecule has 0 radical (unpaired) electrons. The summed E-state index contributed by atoms with van der Waals surface area (Å²) < 4.78 is 42.9. The fraction of sp³-hybridized carbons (Fsp3) is 0.344. The molecule has 0 spiro atoms. The van der Waals surface area contributed by atoms with E-state index in [0.717, 1.165) is 44.8 Å². The number of carbonyl (C=O) groups is 1. The topological polar surface area (TPSA) is 116 Å². The van der Waals surface area contributed by atoms with Crippen LogP contribution in [-0.4, -0.2) is 73.6 Å². The molecule has 1 saturated heterocycles. The number of nitrogens with zero attached hydrogens (tertiary/aromatic N) is 3. The number of fused-ring (bicyclic) bond motifs is 3. The maximum atomic E-state index is 13.2. The van der Waals surface area contributed by atoms with E-state index < -0.39 is 0 Å². The first-order valence-corrected chi connectivity index (χ1v) is 14.6. The molecule has 2 amide bonds. The Balaban J connectivity index is 1.11. The van der Waals surface area contributed by atoms with Gasteiger partial charge in [0.1, 0.15) is 36.5 Å². The average molecular weight is 604 g/mol. The summed E-state index contributed by atoms with van der Waals surface area (Å²) in [6.45, 7) is 7.48. The van der Waals surface area contributed by atoms with E-state index in [0.29, 0.717) is 65.3 Å². The number of ether oxygens (including phenoxy) is 5. The van der Waals surface area contributed by atoms with Crippen LogP contribution in [0.2, 0.25) is 0 Å². The highest BCUT2D eigenvalue weighted by atomic mass is 19.1. The fourth-order valence-corrected chi connectivity index (χ4v) is 5.08. The van der Waals surface area contributed by atoms with Crippen LogP contribution < -0.4 is 29.6 Å². The summed E-state index contributed by atoms with van der Waals surface area (Å²) in [5.41, 5.74) is 1.97. The van der Waals surface area contributed by atoms with E-state index >= 15 is 0 Å². The van der Waals surface area contributed by atoms with Gasteiger partial charge in [-0.1, -0.05) is 12.1 Å². The predicted octanol–water partition coefficient (Wildman–Crippen LogP) is 5.32. The molecule has 0 unspecified atom stereocenters. The second-order valence-corrected chi connectivity index (χ2v) is 10.5. The maximum Gasteiger partial charge on any atom is 0.319 e. The number of carbonyl (C=O) groups excluding carboxylic acids is 1. The first kappa shape index (κ1) is 29.4. The van der Waals surface area contributed by atoms with E-state index in [1.54, 1.807) is 36.4 Å². The number of hydrogen-bond acceptors (Lipinski definition) is 9. The van der Waals surface area contributed by atoms with E-state index in [1.807, 2.05) is 13.0 Å². The minimum atomic E-state index is -0.389. The third-order valence-corrected chi connectivity index (χ3v) is 7.37. The number of halogens is 1. The molecule has 2 aliphatic rings. The normalized spacial score (nSPS) is 15.4. The van der Waals surface area contributed by atoms with Gasteiger partial charge in [-0.05, 0) is 55.3 Å². The third kappa shape index (κ3) is 7.09. The summed E-state index contributed by atoms with van der Waals surface area (Å²) in [6, 6.07) is 14.0. The van der Waals surface area contributed by atoms with Gasteiger partial charge < -0.3 is 34.3 Å². The molecular weight excluding hydrogens is 569 g/mol. The lowest BCUT2D eigenvalue weighted by molar-refractivity contribution is 0.0357. The van der Waals surface area contributed by atoms with Gasteiger partial charge >= 0.3 is 6.03 Å². The monoisotopic (exact) mass is 603 g/mol. The molecule has 3 heterocycles. The molecule has 4 aromatic rings. The molecule has 44 heavy (non-hydrogen) atoms. The summed E-state index contributed by atoms with van der Waals surface area (Å²) in [5.74, 6) is 2.05. The molecule has 3 aromatic carbocycles. The van der Waals surface area contributed by atoms with Crippen molar-refractivity contribution in [3.8, 4) is 28.9 Å². The van der Waals surface area contributed by atoms with E-state index in [-0.39, 0.29) is 17.9 Å². The minimum absolute atomic E-state index is 0.303. The Labute approximate surface area is 254 Å². The molecule has 0 bridgehead atoms. The summed E-state index contributed by atoms with van der Waals surface area (Å²) in [5, 5.41) is 6.22. The number of anilines is 1. The number of aromatic nitrogens is 2. The van der Waals surface area contributed by atoms with Gasteiger partial charge in [-0.15, -0.1) is 0 Å². The zero-order valence-electron chi connectivity index (χ0n) is 24.4. The van der Waals surface area contributed by atoms with Crippen molar-refractivity contribution >= 4 is 22.6 Å². The molecule has 2 N–H and O–H groups in total. The van der Waals surface area contributed by atoms with Crippen molar-refractivity contribution in [1.29, 1.82) is 0 Å². The van der Waals surface area contributed by atoms with Crippen LogP contribution in [0.3, 0.4) is 0 Å². The molecule has 1 fully saturated rings. The molecular formula is C32H34FN5O6. The SMILES string of the molecule is C[C@@H](NC(=O)Nc1ccc(Oc2ncnc3cc(OCCCN4CCOCC4)c4c(c23)OCCO4)cc1)c1ccc(F)cc1. The zero-order valence-corrected chi connectivity index (χ0v) is 24.4. The van der Waals surface area contributed by atoms with Crippen LogP contribution in [-0.2, 0) is 4.74 Å².